The number of nitrogens with zero attached hydrogens (tertiary/aromatic N) is 1. The van der Waals surface area contributed by atoms with Gasteiger partial charge >= 0.3 is 5.97 Å². The molecule has 0 aromatic heterocycles. The summed E-state index contributed by atoms with van der Waals surface area (Å²) in [6.07, 6.45) is -0.435. The van der Waals surface area contributed by atoms with Gasteiger partial charge in [-0.3, -0.25) is 9.59 Å². The van der Waals surface area contributed by atoms with Crippen molar-refractivity contribution in [2.24, 2.45) is 5.92 Å². The van der Waals surface area contributed by atoms with E-state index in [2.05, 4.69) is 10.6 Å². The fourth-order valence-electron chi connectivity index (χ4n) is 2.43. The average molecular weight is 331 g/mol. The van der Waals surface area contributed by atoms with Crippen LogP contribution in [0.2, 0.25) is 0 Å². The molecule has 1 aromatic rings. The number of thiocarbonyl (C=S) groups is 1. The molecule has 0 radical (unpaired) electrons. The number of carbonyl (C=O) groups is 3. The summed E-state index contributed by atoms with van der Waals surface area (Å²) in [5.74, 6) is -3.51. The maximum Gasteiger partial charge on any atom is 0.334 e. The first-order valence-electron chi connectivity index (χ1n) is 6.64. The van der Waals surface area contributed by atoms with Crippen molar-refractivity contribution in [3.05, 3.63) is 35.9 Å². The Hall–Kier alpha value is -2.79. The smallest absolute Gasteiger partial charge is 0.334 e. The van der Waals surface area contributed by atoms with Crippen molar-refractivity contribution in [1.29, 1.82) is 5.26 Å². The van der Waals surface area contributed by atoms with Crippen molar-refractivity contribution in [2.75, 3.05) is 7.11 Å². The quantitative estimate of drug-likeness (QED) is 0.464. The third-order valence-electron chi connectivity index (χ3n) is 3.54. The van der Waals surface area contributed by atoms with Gasteiger partial charge in [0.1, 0.15) is 0 Å². The summed E-state index contributed by atoms with van der Waals surface area (Å²) in [6, 6.07) is 10.00. The molecule has 1 heterocycles. The molecule has 23 heavy (non-hydrogen) atoms. The molecule has 2 rings (SSSR count). The minimum absolute atomic E-state index is 0.132. The molecule has 8 heteroatoms. The molecule has 0 bridgehead atoms. The van der Waals surface area contributed by atoms with Crippen LogP contribution in [0, 0.1) is 17.2 Å². The highest BCUT2D eigenvalue weighted by molar-refractivity contribution is 7.80. The van der Waals surface area contributed by atoms with Crippen LogP contribution in [-0.2, 0) is 14.3 Å². The maximum absolute atomic E-state index is 12.5. The Labute approximate surface area is 137 Å². The molecule has 1 aliphatic rings. The highest BCUT2D eigenvalue weighted by Gasteiger charge is 2.55. The van der Waals surface area contributed by atoms with E-state index in [0.717, 1.165) is 7.11 Å². The lowest BCUT2D eigenvalue weighted by Crippen LogP contribution is -2.70. The maximum atomic E-state index is 12.5. The number of amides is 1. The molecule has 1 aliphatic heterocycles. The summed E-state index contributed by atoms with van der Waals surface area (Å²) in [5, 5.41) is 14.0. The topological polar surface area (TPSA) is 108 Å². The van der Waals surface area contributed by atoms with Crippen LogP contribution in [0.5, 0.6) is 0 Å². The van der Waals surface area contributed by atoms with Gasteiger partial charge in [0.2, 0.25) is 5.91 Å². The minimum Gasteiger partial charge on any atom is -0.467 e. The number of ketones is 1. The molecule has 7 nitrogen and oxygen atoms in total. The average Bonchev–Trinajstić information content (AvgIpc) is 2.54. The number of nitrogens with one attached hydrogen (secondary N) is 2. The second-order valence-corrected chi connectivity index (χ2v) is 5.34. The second kappa shape index (κ2) is 6.54. The van der Waals surface area contributed by atoms with Gasteiger partial charge in [0.15, 0.2) is 22.4 Å². The number of carbonyl (C=O) groups excluding carboxylic acids is 3. The molecule has 2 N–H and O–H groups in total. The Kier molecular flexibility index (Phi) is 4.71. The summed E-state index contributed by atoms with van der Waals surface area (Å²) < 4.78 is 4.71. The van der Waals surface area contributed by atoms with Crippen molar-refractivity contribution in [2.45, 2.75) is 12.0 Å². The van der Waals surface area contributed by atoms with Gasteiger partial charge in [0, 0.05) is 12.0 Å². The first-order chi connectivity index (χ1) is 10.9. The number of rotatable bonds is 4. The largest absolute Gasteiger partial charge is 0.467 e. The highest BCUT2D eigenvalue weighted by atomic mass is 32.1. The Balaban J connectivity index is 2.45. The van der Waals surface area contributed by atoms with Gasteiger partial charge in [-0.25, -0.2) is 4.79 Å². The number of Topliss-reactive ketones (excluding diaryl/α,β-unsaturated/α-hetero) is 1. The van der Waals surface area contributed by atoms with Crippen LogP contribution in [0.25, 0.3) is 0 Å². The summed E-state index contributed by atoms with van der Waals surface area (Å²) >= 11 is 4.90. The van der Waals surface area contributed by atoms with Gasteiger partial charge < -0.3 is 15.4 Å². The lowest BCUT2D eigenvalue weighted by atomic mass is 9.77. The molecule has 0 saturated carbocycles. The van der Waals surface area contributed by atoms with Gasteiger partial charge in [-0.15, -0.1) is 0 Å². The lowest BCUT2D eigenvalue weighted by Gasteiger charge is -2.38. The van der Waals surface area contributed by atoms with Crippen LogP contribution >= 0.6 is 12.2 Å². The lowest BCUT2D eigenvalue weighted by molar-refractivity contribution is -0.152. The molecule has 118 valence electrons. The van der Waals surface area contributed by atoms with E-state index in [1.165, 1.54) is 0 Å². The molecule has 1 saturated heterocycles. The fraction of sp³-hybridized carbons (Fsp3) is 0.267. The Morgan fingerprint density at radius 1 is 1.39 bits per heavy atom. The van der Waals surface area contributed by atoms with Gasteiger partial charge in [-0.05, 0) is 12.2 Å². The van der Waals surface area contributed by atoms with Crippen LogP contribution in [0.4, 0.5) is 0 Å². The Bertz CT molecular complexity index is 713. The molecule has 1 aromatic carbocycles. The predicted octanol–water partition coefficient (Wildman–Crippen LogP) is 0.315. The zero-order valence-electron chi connectivity index (χ0n) is 12.2. The number of ether oxygens (including phenoxy) is 1. The van der Waals surface area contributed by atoms with E-state index in [-0.39, 0.29) is 5.11 Å². The molecule has 0 unspecified atom stereocenters. The van der Waals surface area contributed by atoms with E-state index >= 15 is 0 Å². The van der Waals surface area contributed by atoms with Gasteiger partial charge in [-0.2, -0.15) is 5.26 Å². The first-order valence-corrected chi connectivity index (χ1v) is 7.04. The van der Waals surface area contributed by atoms with Gasteiger partial charge in [0.25, 0.3) is 0 Å². The van der Waals surface area contributed by atoms with Crippen molar-refractivity contribution in [1.82, 2.24) is 10.6 Å². The van der Waals surface area contributed by atoms with E-state index in [0.29, 0.717) is 5.56 Å². The zero-order valence-corrected chi connectivity index (χ0v) is 13.0. The van der Waals surface area contributed by atoms with E-state index in [9.17, 15) is 19.6 Å². The van der Waals surface area contributed by atoms with Gasteiger partial charge in [0.05, 0.1) is 13.2 Å². The van der Waals surface area contributed by atoms with Gasteiger partial charge in [-0.1, -0.05) is 30.3 Å². The van der Waals surface area contributed by atoms with Crippen molar-refractivity contribution in [3.63, 3.8) is 0 Å². The predicted molar refractivity (Wildman–Crippen MR) is 83.1 cm³/mol. The molecule has 0 spiro atoms. The SMILES string of the molecule is COC(=O)[C@@]1(CC(=O)c2ccccc2)NC(=S)NC(=O)[C@H]1C#N. The van der Waals surface area contributed by atoms with E-state index in [1.54, 1.807) is 36.4 Å². The number of nitriles is 1. The molecule has 1 amide bonds. The van der Waals surface area contributed by atoms with Crippen molar-refractivity contribution >= 4 is 35.0 Å². The van der Waals surface area contributed by atoms with Crippen LogP contribution in [0.15, 0.2) is 30.3 Å². The minimum atomic E-state index is -1.85. The highest BCUT2D eigenvalue weighted by Crippen LogP contribution is 2.28. The van der Waals surface area contributed by atoms with E-state index in [4.69, 9.17) is 17.0 Å². The van der Waals surface area contributed by atoms with Crippen LogP contribution in [-0.4, -0.2) is 35.4 Å². The number of hydrogen-bond acceptors (Lipinski definition) is 6. The summed E-state index contributed by atoms with van der Waals surface area (Å²) in [7, 11) is 1.11. The summed E-state index contributed by atoms with van der Waals surface area (Å²) in [4.78, 5) is 36.8. The molecular formula is C15H13N3O4S. The van der Waals surface area contributed by atoms with E-state index < -0.39 is 35.5 Å². The standard InChI is InChI=1S/C15H13N3O4S/c1-22-13(21)15(7-11(19)9-5-3-2-4-6-9)10(8-16)12(20)17-14(23)18-15/h2-6,10H,7H2,1H3,(H2,17,18,20,23)/t10-,15+/m1/s1. The Morgan fingerprint density at radius 2 is 2.04 bits per heavy atom. The number of hydrogen-bond donors (Lipinski definition) is 2. The normalized spacial score (nSPS) is 23.2. The van der Waals surface area contributed by atoms with Crippen LogP contribution in [0.1, 0.15) is 16.8 Å². The van der Waals surface area contributed by atoms with Crippen LogP contribution in [0.3, 0.4) is 0 Å². The zero-order chi connectivity index (χ0) is 17.0. The first kappa shape index (κ1) is 16.6. The molecule has 1 fully saturated rings. The monoisotopic (exact) mass is 331 g/mol. The second-order valence-electron chi connectivity index (χ2n) is 4.93. The summed E-state index contributed by atoms with van der Waals surface area (Å²) in [6.45, 7) is 0. The van der Waals surface area contributed by atoms with Crippen molar-refractivity contribution < 1.29 is 19.1 Å². The third kappa shape index (κ3) is 3.05. The molecular weight excluding hydrogens is 318 g/mol. The summed E-state index contributed by atoms with van der Waals surface area (Å²) in [5.41, 5.74) is -1.50. The van der Waals surface area contributed by atoms with E-state index in [1.807, 2.05) is 0 Å². The number of benzene rings is 1. The fourth-order valence-corrected chi connectivity index (χ4v) is 2.71. The molecule has 2 atom stereocenters. The number of methoxy groups -OCH3 is 1. The molecule has 0 aliphatic carbocycles. The number of esters is 1. The van der Waals surface area contributed by atoms with Crippen LogP contribution < -0.4 is 10.6 Å². The van der Waals surface area contributed by atoms with Crippen molar-refractivity contribution in [3.8, 4) is 6.07 Å². The Morgan fingerprint density at radius 3 is 2.61 bits per heavy atom. The third-order valence-corrected chi connectivity index (χ3v) is 3.75.